The van der Waals surface area contributed by atoms with Crippen LogP contribution in [0.5, 0.6) is 0 Å². The van der Waals surface area contributed by atoms with E-state index in [1.165, 1.54) is 0 Å². The summed E-state index contributed by atoms with van der Waals surface area (Å²) in [5, 5.41) is 0. The van der Waals surface area contributed by atoms with Crippen LogP contribution in [-0.2, 0) is 0 Å². The third kappa shape index (κ3) is 1.57. The van der Waals surface area contributed by atoms with Crippen molar-refractivity contribution in [3.05, 3.63) is 52.7 Å². The van der Waals surface area contributed by atoms with E-state index in [4.69, 9.17) is 5.73 Å². The maximum atomic E-state index is 12.0. The highest BCUT2D eigenvalue weighted by Crippen LogP contribution is 2.17. The lowest BCUT2D eigenvalue weighted by atomic mass is 10.2. The van der Waals surface area contributed by atoms with E-state index in [1.807, 2.05) is 19.1 Å². The van der Waals surface area contributed by atoms with Gasteiger partial charge in [0.2, 0.25) is 0 Å². The van der Waals surface area contributed by atoms with Gasteiger partial charge in [0.15, 0.2) is 0 Å². The number of imidazole rings is 1. The number of aromatic amines is 1. The number of rotatable bonds is 1. The van der Waals surface area contributed by atoms with E-state index in [2.05, 4.69) is 9.97 Å². The quantitative estimate of drug-likeness (QED) is 0.634. The van der Waals surface area contributed by atoms with Gasteiger partial charge in [-0.3, -0.25) is 9.55 Å². The second-order valence-electron chi connectivity index (χ2n) is 4.20. The van der Waals surface area contributed by atoms with Crippen molar-refractivity contribution in [2.45, 2.75) is 6.92 Å². The summed E-state index contributed by atoms with van der Waals surface area (Å²) in [5.41, 5.74) is 9.35. The van der Waals surface area contributed by atoms with Gasteiger partial charge >= 0.3 is 5.69 Å². The molecule has 0 fully saturated rings. The molecule has 3 N–H and O–H groups in total. The first-order valence-corrected chi connectivity index (χ1v) is 5.58. The van der Waals surface area contributed by atoms with Crippen LogP contribution in [0.15, 0.2) is 41.3 Å². The predicted molar refractivity (Wildman–Crippen MR) is 70.8 cm³/mol. The Morgan fingerprint density at radius 2 is 2.11 bits per heavy atom. The molecule has 3 aromatic rings. The first-order chi connectivity index (χ1) is 8.65. The van der Waals surface area contributed by atoms with Gasteiger partial charge in [0.1, 0.15) is 0 Å². The zero-order chi connectivity index (χ0) is 12.7. The van der Waals surface area contributed by atoms with Gasteiger partial charge in [-0.15, -0.1) is 0 Å². The minimum atomic E-state index is -0.179. The van der Waals surface area contributed by atoms with E-state index < -0.39 is 0 Å². The van der Waals surface area contributed by atoms with Crippen molar-refractivity contribution in [2.24, 2.45) is 0 Å². The molecule has 0 aliphatic rings. The fraction of sp³-hybridized carbons (Fsp3) is 0.0769. The molecule has 0 aliphatic heterocycles. The summed E-state index contributed by atoms with van der Waals surface area (Å²) in [4.78, 5) is 18.9. The van der Waals surface area contributed by atoms with Crippen molar-refractivity contribution >= 4 is 16.7 Å². The van der Waals surface area contributed by atoms with Crippen molar-refractivity contribution in [1.29, 1.82) is 0 Å². The van der Waals surface area contributed by atoms with E-state index in [-0.39, 0.29) is 5.69 Å². The van der Waals surface area contributed by atoms with Gasteiger partial charge in [-0.2, -0.15) is 0 Å². The summed E-state index contributed by atoms with van der Waals surface area (Å²) in [7, 11) is 0. The molecule has 0 bridgehead atoms. The van der Waals surface area contributed by atoms with Gasteiger partial charge in [0.05, 0.1) is 16.7 Å². The van der Waals surface area contributed by atoms with E-state index >= 15 is 0 Å². The summed E-state index contributed by atoms with van der Waals surface area (Å²) in [6.45, 7) is 1.89. The number of H-pyrrole nitrogens is 1. The molecule has 90 valence electrons. The SMILES string of the molecule is Cc1cc(-n2c(=O)[nH]c3cc(N)ccc32)ccn1. The third-order valence-electron chi connectivity index (χ3n) is 2.84. The van der Waals surface area contributed by atoms with Crippen LogP contribution in [0.4, 0.5) is 5.69 Å². The number of pyridine rings is 1. The summed E-state index contributed by atoms with van der Waals surface area (Å²) in [5.74, 6) is 0. The molecule has 2 heterocycles. The number of aryl methyl sites for hydroxylation is 1. The Morgan fingerprint density at radius 3 is 2.89 bits per heavy atom. The van der Waals surface area contributed by atoms with E-state index in [0.717, 1.165) is 22.4 Å². The summed E-state index contributed by atoms with van der Waals surface area (Å²) in [6, 6.07) is 9.03. The molecule has 0 atom stereocenters. The number of hydrogen-bond donors (Lipinski definition) is 2. The Kier molecular flexibility index (Phi) is 2.19. The zero-order valence-electron chi connectivity index (χ0n) is 9.84. The van der Waals surface area contributed by atoms with Crippen LogP contribution >= 0.6 is 0 Å². The number of nitrogens with two attached hydrogens (primary N) is 1. The molecule has 2 aromatic heterocycles. The zero-order valence-corrected chi connectivity index (χ0v) is 9.84. The van der Waals surface area contributed by atoms with Crippen LogP contribution in [0.25, 0.3) is 16.7 Å². The minimum Gasteiger partial charge on any atom is -0.399 e. The number of aromatic nitrogens is 3. The number of benzene rings is 1. The van der Waals surface area contributed by atoms with Gasteiger partial charge in [-0.05, 0) is 37.3 Å². The van der Waals surface area contributed by atoms with Crippen LogP contribution in [0.1, 0.15) is 5.69 Å². The molecule has 0 radical (unpaired) electrons. The lowest BCUT2D eigenvalue weighted by Crippen LogP contribution is -2.14. The molecule has 0 unspecified atom stereocenters. The van der Waals surface area contributed by atoms with Crippen LogP contribution in [0.2, 0.25) is 0 Å². The Bertz CT molecular complexity index is 785. The molecule has 5 nitrogen and oxygen atoms in total. The summed E-state index contributed by atoms with van der Waals surface area (Å²) >= 11 is 0. The van der Waals surface area contributed by atoms with E-state index in [1.54, 1.807) is 29.0 Å². The normalized spacial score (nSPS) is 10.9. The van der Waals surface area contributed by atoms with Crippen molar-refractivity contribution in [3.8, 4) is 5.69 Å². The fourth-order valence-electron chi connectivity index (χ4n) is 2.06. The van der Waals surface area contributed by atoms with Crippen LogP contribution in [0.3, 0.4) is 0 Å². The van der Waals surface area contributed by atoms with Gasteiger partial charge in [-0.25, -0.2) is 4.79 Å². The molecule has 0 spiro atoms. The van der Waals surface area contributed by atoms with E-state index in [9.17, 15) is 4.79 Å². The van der Waals surface area contributed by atoms with Crippen molar-refractivity contribution in [3.63, 3.8) is 0 Å². The monoisotopic (exact) mass is 240 g/mol. The number of anilines is 1. The highest BCUT2D eigenvalue weighted by Gasteiger charge is 2.08. The number of nitrogens with one attached hydrogen (secondary N) is 1. The first-order valence-electron chi connectivity index (χ1n) is 5.58. The van der Waals surface area contributed by atoms with Gasteiger partial charge in [0.25, 0.3) is 0 Å². The summed E-state index contributed by atoms with van der Waals surface area (Å²) < 4.78 is 1.61. The average Bonchev–Trinajstić information content (AvgIpc) is 2.64. The topological polar surface area (TPSA) is 76.7 Å². The number of nitrogens with zero attached hydrogens (tertiary/aromatic N) is 2. The molecular formula is C13H12N4O. The van der Waals surface area contributed by atoms with Crippen LogP contribution < -0.4 is 11.4 Å². The highest BCUT2D eigenvalue weighted by molar-refractivity contribution is 5.80. The Morgan fingerprint density at radius 1 is 1.28 bits per heavy atom. The maximum absolute atomic E-state index is 12.0. The molecule has 0 saturated heterocycles. The molecule has 3 rings (SSSR count). The Balaban J connectivity index is 2.35. The second kappa shape index (κ2) is 3.73. The Hall–Kier alpha value is -2.56. The molecule has 0 amide bonds. The third-order valence-corrected chi connectivity index (χ3v) is 2.84. The predicted octanol–water partition coefficient (Wildman–Crippen LogP) is 1.60. The number of fused-ring (bicyclic) bond motifs is 1. The standard InChI is InChI=1S/C13H12N4O/c1-8-6-10(4-5-15-8)17-12-3-2-9(14)7-11(12)16-13(17)18/h2-7H,14H2,1H3,(H,16,18). The smallest absolute Gasteiger partial charge is 0.331 e. The fourth-order valence-corrected chi connectivity index (χ4v) is 2.06. The molecule has 18 heavy (non-hydrogen) atoms. The highest BCUT2D eigenvalue weighted by atomic mass is 16.1. The minimum absolute atomic E-state index is 0.179. The van der Waals surface area contributed by atoms with E-state index in [0.29, 0.717) is 5.69 Å². The second-order valence-corrected chi connectivity index (χ2v) is 4.20. The number of nitrogen functional groups attached to an aromatic ring is 1. The van der Waals surface area contributed by atoms with Crippen molar-refractivity contribution in [1.82, 2.24) is 14.5 Å². The van der Waals surface area contributed by atoms with Crippen LogP contribution in [0, 0.1) is 6.92 Å². The lowest BCUT2D eigenvalue weighted by Gasteiger charge is -2.03. The molecular weight excluding hydrogens is 228 g/mol. The van der Waals surface area contributed by atoms with Gasteiger partial charge in [-0.1, -0.05) is 0 Å². The van der Waals surface area contributed by atoms with Crippen molar-refractivity contribution in [2.75, 3.05) is 5.73 Å². The Labute approximate surface area is 103 Å². The molecule has 0 saturated carbocycles. The molecule has 1 aromatic carbocycles. The lowest BCUT2D eigenvalue weighted by molar-refractivity contribution is 1.00. The van der Waals surface area contributed by atoms with Gasteiger partial charge in [0, 0.05) is 17.6 Å². The van der Waals surface area contributed by atoms with Crippen molar-refractivity contribution < 1.29 is 0 Å². The molecule has 0 aliphatic carbocycles. The van der Waals surface area contributed by atoms with Crippen LogP contribution in [-0.4, -0.2) is 14.5 Å². The van der Waals surface area contributed by atoms with Gasteiger partial charge < -0.3 is 10.7 Å². The average molecular weight is 240 g/mol. The number of hydrogen-bond acceptors (Lipinski definition) is 3. The summed E-state index contributed by atoms with van der Waals surface area (Å²) in [6.07, 6.45) is 1.69. The largest absolute Gasteiger partial charge is 0.399 e. The first kappa shape index (κ1) is 10.6. The maximum Gasteiger partial charge on any atom is 0.331 e. The molecule has 5 heteroatoms.